The molecule has 0 aromatic heterocycles. The summed E-state index contributed by atoms with van der Waals surface area (Å²) in [6.45, 7) is 26.7. The van der Waals surface area contributed by atoms with Crippen molar-refractivity contribution in [2.45, 2.75) is 133 Å². The van der Waals surface area contributed by atoms with Crippen LogP contribution >= 0.6 is 11.8 Å². The number of hydrogen-bond donors (Lipinski definition) is 1. The van der Waals surface area contributed by atoms with Gasteiger partial charge in [0.1, 0.15) is 17.6 Å². The van der Waals surface area contributed by atoms with Crippen molar-refractivity contribution in [3.8, 4) is 0 Å². The molecule has 0 aliphatic carbocycles. The van der Waals surface area contributed by atoms with E-state index in [4.69, 9.17) is 18.0 Å². The van der Waals surface area contributed by atoms with E-state index in [9.17, 15) is 18.0 Å². The number of benzene rings is 1. The second kappa shape index (κ2) is 13.1. The van der Waals surface area contributed by atoms with E-state index in [0.29, 0.717) is 0 Å². The highest BCUT2D eigenvalue weighted by atomic mass is 32.2. The maximum Gasteiger partial charge on any atom is 0.471 e. The topological polar surface area (TPSA) is 66.0 Å². The first-order valence-corrected chi connectivity index (χ1v) is 25.2. The second-order valence-electron chi connectivity index (χ2n) is 14.7. The number of nitrogens with one attached hydrogen (secondary N) is 1. The van der Waals surface area contributed by atoms with Crippen LogP contribution in [0.3, 0.4) is 0 Å². The first-order valence-electron chi connectivity index (χ1n) is 14.1. The average Bonchev–Trinajstić information content (AvgIpc) is 2.74. The van der Waals surface area contributed by atoms with Crippen LogP contribution in [0.15, 0.2) is 23.1 Å². The molecule has 1 N–H and O–H groups in total. The van der Waals surface area contributed by atoms with Gasteiger partial charge in [0.15, 0.2) is 25.0 Å². The van der Waals surface area contributed by atoms with Gasteiger partial charge in [-0.1, -0.05) is 44.7 Å². The normalized spacial score (nSPS) is 24.8. The van der Waals surface area contributed by atoms with E-state index >= 15 is 0 Å². The monoisotopic (exact) mass is 653 g/mol. The molecule has 0 radical (unpaired) electrons. The summed E-state index contributed by atoms with van der Waals surface area (Å²) in [5.41, 5.74) is 1.04. The Bertz CT molecular complexity index is 1050. The van der Waals surface area contributed by atoms with Crippen LogP contribution in [0.5, 0.6) is 0 Å². The van der Waals surface area contributed by atoms with Gasteiger partial charge in [-0.25, -0.2) is 0 Å². The third-order valence-electron chi connectivity index (χ3n) is 6.16. The van der Waals surface area contributed by atoms with Crippen molar-refractivity contribution in [3.63, 3.8) is 0 Å². The summed E-state index contributed by atoms with van der Waals surface area (Å²) in [5.74, 6) is -2.02. The summed E-state index contributed by atoms with van der Waals surface area (Å²) in [5, 5.41) is 2.27. The molecule has 0 saturated carbocycles. The number of amides is 1. The highest BCUT2D eigenvalue weighted by Gasteiger charge is 2.53. The molecular formula is C28H50F3NO5SSi3. The van der Waals surface area contributed by atoms with Gasteiger partial charge in [-0.15, -0.1) is 0 Å². The Kier molecular flexibility index (Phi) is 11.7. The zero-order valence-electron chi connectivity index (χ0n) is 26.9. The SMILES string of the molecule is Cc1ccc(C(C)(C)C)cc1S[C@@H]1O[C@H](CO[Si](C)(C)C)[C@@H](O[Si](C)(C)C)[C@H](O[Si](C)(C)C)[C@H]1NC(=O)C(F)(F)F. The smallest absolute Gasteiger partial charge is 0.415 e. The first-order chi connectivity index (χ1) is 18.3. The van der Waals surface area contributed by atoms with Gasteiger partial charge in [-0.2, -0.15) is 13.2 Å². The van der Waals surface area contributed by atoms with Gasteiger partial charge >= 0.3 is 12.1 Å². The zero-order valence-corrected chi connectivity index (χ0v) is 30.7. The number of halogens is 3. The number of ether oxygens (including phenoxy) is 1. The van der Waals surface area contributed by atoms with Crippen molar-refractivity contribution in [3.05, 3.63) is 29.3 Å². The van der Waals surface area contributed by atoms with Crippen molar-refractivity contribution < 1.29 is 36.0 Å². The number of rotatable bonds is 10. The summed E-state index contributed by atoms with van der Waals surface area (Å²) in [6.07, 6.45) is -7.25. The van der Waals surface area contributed by atoms with E-state index in [-0.39, 0.29) is 12.0 Å². The molecule has 5 atom stereocenters. The van der Waals surface area contributed by atoms with Gasteiger partial charge in [-0.3, -0.25) is 4.79 Å². The van der Waals surface area contributed by atoms with E-state index in [1.54, 1.807) is 0 Å². The Morgan fingerprint density at radius 3 is 1.93 bits per heavy atom. The number of hydrogen-bond acceptors (Lipinski definition) is 6. The Labute approximate surface area is 252 Å². The van der Waals surface area contributed by atoms with Crippen LogP contribution in [-0.4, -0.2) is 73.4 Å². The fourth-order valence-electron chi connectivity index (χ4n) is 4.27. The lowest BCUT2D eigenvalue weighted by Crippen LogP contribution is -2.68. The molecule has 1 aliphatic heterocycles. The Hall–Kier alpha value is -0.679. The molecule has 236 valence electrons. The van der Waals surface area contributed by atoms with E-state index in [1.807, 2.05) is 52.3 Å². The van der Waals surface area contributed by atoms with E-state index in [2.05, 4.69) is 57.9 Å². The lowest BCUT2D eigenvalue weighted by atomic mass is 9.87. The van der Waals surface area contributed by atoms with Crippen LogP contribution in [0.1, 0.15) is 31.9 Å². The van der Waals surface area contributed by atoms with Crippen molar-refractivity contribution in [1.82, 2.24) is 5.32 Å². The van der Waals surface area contributed by atoms with Crippen LogP contribution in [-0.2, 0) is 28.2 Å². The van der Waals surface area contributed by atoms with Crippen LogP contribution in [0.25, 0.3) is 0 Å². The number of carbonyl (C=O) groups excluding carboxylic acids is 1. The largest absolute Gasteiger partial charge is 0.471 e. The van der Waals surface area contributed by atoms with Gasteiger partial charge in [0.2, 0.25) is 0 Å². The van der Waals surface area contributed by atoms with Crippen molar-refractivity contribution in [1.29, 1.82) is 0 Å². The van der Waals surface area contributed by atoms with Crippen molar-refractivity contribution in [2.24, 2.45) is 0 Å². The third-order valence-corrected chi connectivity index (χ3v) is 10.5. The van der Waals surface area contributed by atoms with Crippen LogP contribution in [0.4, 0.5) is 13.2 Å². The minimum atomic E-state index is -5.06. The van der Waals surface area contributed by atoms with Gasteiger partial charge < -0.3 is 23.3 Å². The van der Waals surface area contributed by atoms with Crippen molar-refractivity contribution in [2.75, 3.05) is 6.61 Å². The molecule has 6 nitrogen and oxygen atoms in total. The molecule has 2 rings (SSSR count). The molecule has 1 aromatic carbocycles. The minimum Gasteiger partial charge on any atom is -0.415 e. The van der Waals surface area contributed by atoms with Crippen LogP contribution < -0.4 is 5.32 Å². The van der Waals surface area contributed by atoms with Gasteiger partial charge in [0, 0.05) is 4.90 Å². The summed E-state index contributed by atoms with van der Waals surface area (Å²) in [4.78, 5) is 13.3. The molecule has 1 heterocycles. The standard InChI is InChI=1S/C28H50F3NO5SSi3/c1-18-14-15-19(27(2,3)4)16-21(18)38-25-22(32-26(33)28(29,30)31)24(37-41(11,12)13)23(36-40(8,9)10)20(35-25)17-34-39(5,6)7/h14-16,20,22-25H,17H2,1-13H3,(H,32,33)/t20-,22-,23-,24-,25+/m1/s1. The number of carbonyl (C=O) groups is 1. The fourth-order valence-corrected chi connectivity index (χ4v) is 8.41. The summed E-state index contributed by atoms with van der Waals surface area (Å²) >= 11 is 1.31. The van der Waals surface area contributed by atoms with Gasteiger partial charge in [0.25, 0.3) is 0 Å². The van der Waals surface area contributed by atoms with Gasteiger partial charge in [0.05, 0.1) is 18.8 Å². The molecule has 0 spiro atoms. The molecule has 1 aliphatic rings. The Balaban J connectivity index is 2.69. The molecule has 0 unspecified atom stereocenters. The summed E-state index contributed by atoms with van der Waals surface area (Å²) in [6, 6.07) is 5.00. The number of thioether (sulfide) groups is 1. The number of alkyl halides is 3. The maximum atomic E-state index is 13.6. The summed E-state index contributed by atoms with van der Waals surface area (Å²) in [7, 11) is -6.58. The predicted octanol–water partition coefficient (Wildman–Crippen LogP) is 7.45. The van der Waals surface area contributed by atoms with E-state index < -0.39 is 66.8 Å². The minimum absolute atomic E-state index is 0.131. The van der Waals surface area contributed by atoms with E-state index in [1.165, 1.54) is 11.8 Å². The average molecular weight is 654 g/mol. The number of aryl methyl sites for hydroxylation is 1. The Morgan fingerprint density at radius 2 is 1.46 bits per heavy atom. The lowest BCUT2D eigenvalue weighted by Gasteiger charge is -2.50. The molecule has 1 aromatic rings. The zero-order chi connectivity index (χ0) is 31.8. The molecule has 1 fully saturated rings. The molecular weight excluding hydrogens is 604 g/mol. The highest BCUT2D eigenvalue weighted by Crippen LogP contribution is 2.40. The molecule has 1 amide bonds. The quantitative estimate of drug-likeness (QED) is 0.265. The third kappa shape index (κ3) is 11.7. The Morgan fingerprint density at radius 1 is 0.927 bits per heavy atom. The van der Waals surface area contributed by atoms with E-state index in [0.717, 1.165) is 16.0 Å². The highest BCUT2D eigenvalue weighted by molar-refractivity contribution is 7.99. The predicted molar refractivity (Wildman–Crippen MR) is 168 cm³/mol. The maximum absolute atomic E-state index is 13.6. The van der Waals surface area contributed by atoms with Crippen molar-refractivity contribution >= 4 is 42.6 Å². The second-order valence-corrected chi connectivity index (χ2v) is 29.3. The molecule has 1 saturated heterocycles. The van der Waals surface area contributed by atoms with Crippen LogP contribution in [0, 0.1) is 6.92 Å². The molecule has 41 heavy (non-hydrogen) atoms. The van der Waals surface area contributed by atoms with Crippen LogP contribution in [0.2, 0.25) is 58.9 Å². The van der Waals surface area contributed by atoms with Gasteiger partial charge in [-0.05, 0) is 88.5 Å². The summed E-state index contributed by atoms with van der Waals surface area (Å²) < 4.78 is 67.0. The molecule has 0 bridgehead atoms. The fraction of sp³-hybridized carbons (Fsp3) is 0.750. The molecule has 13 heteroatoms. The lowest BCUT2D eigenvalue weighted by molar-refractivity contribution is -0.185. The first kappa shape index (κ1) is 36.5.